The molecule has 0 radical (unpaired) electrons. The average molecular weight is 328 g/mol. The van der Waals surface area contributed by atoms with Crippen LogP contribution in [-0.4, -0.2) is 61.1 Å². The summed E-state index contributed by atoms with van der Waals surface area (Å²) < 4.78 is 0. The monoisotopic (exact) mass is 328 g/mol. The predicted octanol–water partition coefficient (Wildman–Crippen LogP) is -2.33. The number of carbonyl (C=O) groups excluding carboxylic acids is 1. The highest BCUT2D eigenvalue weighted by atomic mass is 16.4. The number of hydrogen-bond donors (Lipinski definition) is 6. The minimum Gasteiger partial charge on any atom is -0.394 e. The molecule has 0 aliphatic heterocycles. The van der Waals surface area contributed by atoms with E-state index >= 15 is 0 Å². The SMILES string of the molecule is CC(=O)C=Cc1c(CCC(O)C(O)C(O)CO)[nH]c(=O)[nH]c1=O. The van der Waals surface area contributed by atoms with Gasteiger partial charge >= 0.3 is 5.69 Å². The summed E-state index contributed by atoms with van der Waals surface area (Å²) in [5, 5.41) is 37.3. The standard InChI is InChI=1S/C14H20N2O7/c1-7(18)2-3-8-9(15-14(23)16-13(8)22)4-5-10(19)12(21)11(20)6-17/h2-3,10-12,17,19-21H,4-6H2,1H3,(H2,15,16,22,23). The number of nitrogens with one attached hydrogen (secondary N) is 2. The van der Waals surface area contributed by atoms with Gasteiger partial charge in [-0.25, -0.2) is 4.79 Å². The molecule has 0 aliphatic rings. The molecule has 1 aromatic heterocycles. The molecule has 0 bridgehead atoms. The van der Waals surface area contributed by atoms with E-state index in [1.54, 1.807) is 0 Å². The lowest BCUT2D eigenvalue weighted by atomic mass is 10.0. The van der Waals surface area contributed by atoms with Crippen molar-refractivity contribution in [2.24, 2.45) is 0 Å². The van der Waals surface area contributed by atoms with Gasteiger partial charge in [-0.15, -0.1) is 0 Å². The van der Waals surface area contributed by atoms with E-state index in [-0.39, 0.29) is 29.9 Å². The van der Waals surface area contributed by atoms with Crippen molar-refractivity contribution in [2.75, 3.05) is 6.61 Å². The second-order valence-electron chi connectivity index (χ2n) is 5.09. The lowest BCUT2D eigenvalue weighted by Gasteiger charge is -2.21. The minimum absolute atomic E-state index is 0.00706. The zero-order valence-electron chi connectivity index (χ0n) is 12.5. The largest absolute Gasteiger partial charge is 0.394 e. The Kier molecular flexibility index (Phi) is 7.04. The molecule has 3 atom stereocenters. The maximum absolute atomic E-state index is 11.8. The number of allylic oxidation sites excluding steroid dienone is 1. The molecule has 0 aliphatic carbocycles. The van der Waals surface area contributed by atoms with E-state index in [9.17, 15) is 29.7 Å². The zero-order valence-corrected chi connectivity index (χ0v) is 12.5. The normalized spacial score (nSPS) is 15.5. The van der Waals surface area contributed by atoms with Gasteiger partial charge in [-0.1, -0.05) is 0 Å². The number of aromatic amines is 2. The van der Waals surface area contributed by atoms with E-state index in [0.717, 1.165) is 6.08 Å². The maximum atomic E-state index is 11.8. The summed E-state index contributed by atoms with van der Waals surface area (Å²) in [7, 11) is 0. The van der Waals surface area contributed by atoms with Crippen LogP contribution in [0.1, 0.15) is 24.6 Å². The molecule has 1 rings (SSSR count). The first-order valence-electron chi connectivity index (χ1n) is 6.95. The van der Waals surface area contributed by atoms with Gasteiger partial charge in [0.05, 0.1) is 18.3 Å². The smallest absolute Gasteiger partial charge is 0.325 e. The van der Waals surface area contributed by atoms with Crippen LogP contribution in [-0.2, 0) is 11.2 Å². The third-order valence-electron chi connectivity index (χ3n) is 3.21. The number of aliphatic hydroxyl groups excluding tert-OH is 4. The van der Waals surface area contributed by atoms with Crippen molar-refractivity contribution >= 4 is 11.9 Å². The van der Waals surface area contributed by atoms with Crippen LogP contribution in [0.15, 0.2) is 15.7 Å². The molecule has 0 saturated heterocycles. The first-order valence-corrected chi connectivity index (χ1v) is 6.95. The van der Waals surface area contributed by atoms with E-state index < -0.39 is 36.2 Å². The number of aromatic nitrogens is 2. The Balaban J connectivity index is 2.97. The fourth-order valence-corrected chi connectivity index (χ4v) is 1.94. The molecule has 3 unspecified atom stereocenters. The molecular weight excluding hydrogens is 308 g/mol. The van der Waals surface area contributed by atoms with Crippen LogP contribution in [0.4, 0.5) is 0 Å². The molecule has 0 spiro atoms. The highest BCUT2D eigenvalue weighted by Gasteiger charge is 2.24. The molecule has 0 amide bonds. The van der Waals surface area contributed by atoms with Gasteiger partial charge in [-0.3, -0.25) is 14.6 Å². The highest BCUT2D eigenvalue weighted by Crippen LogP contribution is 2.10. The number of carbonyl (C=O) groups is 1. The van der Waals surface area contributed by atoms with Crippen LogP contribution in [0.3, 0.4) is 0 Å². The summed E-state index contributed by atoms with van der Waals surface area (Å²) >= 11 is 0. The van der Waals surface area contributed by atoms with E-state index in [4.69, 9.17) is 5.11 Å². The third-order valence-corrected chi connectivity index (χ3v) is 3.21. The molecule has 6 N–H and O–H groups in total. The quantitative estimate of drug-likeness (QED) is 0.291. The Morgan fingerprint density at radius 1 is 1.17 bits per heavy atom. The van der Waals surface area contributed by atoms with Crippen LogP contribution < -0.4 is 11.2 Å². The Bertz CT molecular complexity index is 676. The van der Waals surface area contributed by atoms with Gasteiger partial charge in [-0.05, 0) is 31.9 Å². The Hall–Kier alpha value is -2.07. The van der Waals surface area contributed by atoms with Crippen molar-refractivity contribution in [1.82, 2.24) is 9.97 Å². The first kappa shape index (κ1) is 19.0. The molecule has 0 fully saturated rings. The predicted molar refractivity (Wildman–Crippen MR) is 80.8 cm³/mol. The molecule has 0 aromatic carbocycles. The van der Waals surface area contributed by atoms with Crippen LogP contribution in [0.2, 0.25) is 0 Å². The molecular formula is C14H20N2O7. The van der Waals surface area contributed by atoms with Gasteiger partial charge < -0.3 is 25.4 Å². The summed E-state index contributed by atoms with van der Waals surface area (Å²) in [6, 6.07) is 0. The summed E-state index contributed by atoms with van der Waals surface area (Å²) in [5.74, 6) is -0.289. The minimum atomic E-state index is -1.56. The summed E-state index contributed by atoms with van der Waals surface area (Å²) in [6.45, 7) is 0.582. The van der Waals surface area contributed by atoms with Crippen molar-refractivity contribution in [3.05, 3.63) is 38.2 Å². The zero-order chi connectivity index (χ0) is 17.6. The van der Waals surface area contributed by atoms with Gasteiger partial charge in [0.2, 0.25) is 0 Å². The molecule has 9 heteroatoms. The molecule has 9 nitrogen and oxygen atoms in total. The Morgan fingerprint density at radius 3 is 2.39 bits per heavy atom. The summed E-state index contributed by atoms with van der Waals surface area (Å²) in [4.78, 5) is 38.5. The first-order chi connectivity index (χ1) is 10.8. The number of aryl methyl sites for hydroxylation is 1. The second-order valence-corrected chi connectivity index (χ2v) is 5.09. The van der Waals surface area contributed by atoms with E-state index in [0.29, 0.717) is 0 Å². The third kappa shape index (κ3) is 5.57. The van der Waals surface area contributed by atoms with Gasteiger partial charge in [0.25, 0.3) is 5.56 Å². The lowest BCUT2D eigenvalue weighted by molar-refractivity contribution is -0.112. The number of rotatable bonds is 8. The average Bonchev–Trinajstić information content (AvgIpc) is 2.49. The molecule has 128 valence electrons. The van der Waals surface area contributed by atoms with Gasteiger partial charge in [0, 0.05) is 5.69 Å². The Morgan fingerprint density at radius 2 is 1.83 bits per heavy atom. The number of H-pyrrole nitrogens is 2. The number of ketones is 1. The van der Waals surface area contributed by atoms with Crippen LogP contribution >= 0.6 is 0 Å². The second kappa shape index (κ2) is 8.53. The van der Waals surface area contributed by atoms with Crippen molar-refractivity contribution < 1.29 is 25.2 Å². The van der Waals surface area contributed by atoms with Crippen molar-refractivity contribution in [3.63, 3.8) is 0 Å². The van der Waals surface area contributed by atoms with Gasteiger partial charge in [-0.2, -0.15) is 0 Å². The molecule has 1 aromatic rings. The Labute approximate surface area is 130 Å². The fourth-order valence-electron chi connectivity index (χ4n) is 1.94. The highest BCUT2D eigenvalue weighted by molar-refractivity contribution is 5.91. The van der Waals surface area contributed by atoms with Crippen molar-refractivity contribution in [3.8, 4) is 0 Å². The van der Waals surface area contributed by atoms with E-state index in [1.165, 1.54) is 13.0 Å². The number of hydrogen-bond acceptors (Lipinski definition) is 7. The van der Waals surface area contributed by atoms with Crippen molar-refractivity contribution in [1.29, 1.82) is 0 Å². The summed E-state index contributed by atoms with van der Waals surface area (Å²) in [5.41, 5.74) is -1.19. The fraction of sp³-hybridized carbons (Fsp3) is 0.500. The van der Waals surface area contributed by atoms with E-state index in [1.807, 2.05) is 4.98 Å². The van der Waals surface area contributed by atoms with Crippen molar-refractivity contribution in [2.45, 2.75) is 38.1 Å². The molecule has 0 saturated carbocycles. The van der Waals surface area contributed by atoms with Crippen LogP contribution in [0.25, 0.3) is 6.08 Å². The maximum Gasteiger partial charge on any atom is 0.325 e. The number of aliphatic hydroxyl groups is 4. The molecule has 23 heavy (non-hydrogen) atoms. The van der Waals surface area contributed by atoms with Gasteiger partial charge in [0.1, 0.15) is 12.2 Å². The lowest BCUT2D eigenvalue weighted by Crippen LogP contribution is -2.39. The topological polar surface area (TPSA) is 164 Å². The van der Waals surface area contributed by atoms with Gasteiger partial charge in [0.15, 0.2) is 5.78 Å². The summed E-state index contributed by atoms with van der Waals surface area (Å²) in [6.07, 6.45) is -2.11. The van der Waals surface area contributed by atoms with Crippen LogP contribution in [0, 0.1) is 0 Å². The van der Waals surface area contributed by atoms with Crippen LogP contribution in [0.5, 0.6) is 0 Å². The van der Waals surface area contributed by atoms with E-state index in [2.05, 4.69) is 4.98 Å². The molecule has 1 heterocycles.